The lowest BCUT2D eigenvalue weighted by molar-refractivity contribution is -0.148. The monoisotopic (exact) mass is 403 g/mol. The van der Waals surface area contributed by atoms with Crippen molar-refractivity contribution in [3.05, 3.63) is 47.5 Å². The van der Waals surface area contributed by atoms with Gasteiger partial charge in [0.25, 0.3) is 5.91 Å². The molecular weight excluding hydrogens is 378 g/mol. The molecule has 156 valence electrons. The molecule has 29 heavy (non-hydrogen) atoms. The number of aromatic hydroxyl groups is 1. The first-order valence-corrected chi connectivity index (χ1v) is 8.96. The van der Waals surface area contributed by atoms with Crippen LogP contribution in [0, 0.1) is 0 Å². The van der Waals surface area contributed by atoms with Gasteiger partial charge in [0.1, 0.15) is 0 Å². The summed E-state index contributed by atoms with van der Waals surface area (Å²) in [6.45, 7) is -0.0954. The maximum atomic E-state index is 11.9. The van der Waals surface area contributed by atoms with Crippen molar-refractivity contribution in [2.45, 2.75) is 19.4 Å². The summed E-state index contributed by atoms with van der Waals surface area (Å²) in [5.74, 6) is 0.629. The number of rotatable bonds is 10. The van der Waals surface area contributed by atoms with Gasteiger partial charge in [0.15, 0.2) is 29.6 Å². The summed E-state index contributed by atoms with van der Waals surface area (Å²) < 4.78 is 20.3. The van der Waals surface area contributed by atoms with Gasteiger partial charge in [-0.1, -0.05) is 12.1 Å². The number of amides is 1. The van der Waals surface area contributed by atoms with E-state index in [0.717, 1.165) is 11.1 Å². The number of hydrogen-bond acceptors (Lipinski definition) is 7. The molecule has 0 saturated heterocycles. The minimum absolute atomic E-state index is 0.00732. The molecule has 0 aliphatic heterocycles. The molecule has 8 heteroatoms. The van der Waals surface area contributed by atoms with Gasteiger partial charge in [-0.3, -0.25) is 9.59 Å². The van der Waals surface area contributed by atoms with Crippen LogP contribution in [-0.4, -0.2) is 44.9 Å². The summed E-state index contributed by atoms with van der Waals surface area (Å²) in [5.41, 5.74) is 1.58. The zero-order valence-electron chi connectivity index (χ0n) is 16.7. The van der Waals surface area contributed by atoms with E-state index in [1.807, 2.05) is 0 Å². The smallest absolute Gasteiger partial charge is 0.306 e. The molecule has 2 aromatic rings. The molecule has 0 aromatic heterocycles. The van der Waals surface area contributed by atoms with E-state index in [1.165, 1.54) is 20.3 Å². The molecule has 2 N–H and O–H groups in total. The molecule has 2 rings (SSSR count). The molecule has 0 radical (unpaired) electrons. The maximum absolute atomic E-state index is 11.9. The van der Waals surface area contributed by atoms with E-state index in [9.17, 15) is 14.7 Å². The van der Waals surface area contributed by atoms with E-state index >= 15 is 0 Å². The lowest BCUT2D eigenvalue weighted by Gasteiger charge is -2.10. The zero-order valence-corrected chi connectivity index (χ0v) is 16.7. The molecule has 0 fully saturated rings. The van der Waals surface area contributed by atoms with Crippen LogP contribution in [-0.2, 0) is 27.3 Å². The average Bonchev–Trinajstić information content (AvgIpc) is 2.74. The van der Waals surface area contributed by atoms with Crippen molar-refractivity contribution in [3.8, 4) is 23.0 Å². The largest absolute Gasteiger partial charge is 0.504 e. The fourth-order valence-electron chi connectivity index (χ4n) is 2.60. The lowest BCUT2D eigenvalue weighted by Crippen LogP contribution is -2.28. The Morgan fingerprint density at radius 1 is 0.897 bits per heavy atom. The highest BCUT2D eigenvalue weighted by Gasteiger charge is 2.10. The summed E-state index contributed by atoms with van der Waals surface area (Å²) in [5, 5.41) is 12.4. The lowest BCUT2D eigenvalue weighted by atomic mass is 10.1. The molecule has 0 atom stereocenters. The Morgan fingerprint density at radius 3 is 2.21 bits per heavy atom. The fourth-order valence-corrected chi connectivity index (χ4v) is 2.60. The van der Waals surface area contributed by atoms with Crippen molar-refractivity contribution in [2.24, 2.45) is 0 Å². The second-order valence-corrected chi connectivity index (χ2v) is 6.13. The third-order valence-electron chi connectivity index (χ3n) is 4.16. The highest BCUT2D eigenvalue weighted by atomic mass is 16.5. The second kappa shape index (κ2) is 10.8. The predicted molar refractivity (Wildman–Crippen MR) is 105 cm³/mol. The highest BCUT2D eigenvalue weighted by molar-refractivity contribution is 5.80. The fraction of sp³-hybridized carbons (Fsp3) is 0.333. The molecule has 8 nitrogen and oxygen atoms in total. The summed E-state index contributed by atoms with van der Waals surface area (Å²) >= 11 is 0. The Kier molecular flexibility index (Phi) is 8.14. The Labute approximate surface area is 169 Å². The van der Waals surface area contributed by atoms with Crippen molar-refractivity contribution in [1.82, 2.24) is 5.32 Å². The Bertz CT molecular complexity index is 851. The molecule has 0 aliphatic rings. The summed E-state index contributed by atoms with van der Waals surface area (Å²) in [4.78, 5) is 23.7. The third-order valence-corrected chi connectivity index (χ3v) is 4.16. The number of phenols is 1. The van der Waals surface area contributed by atoms with Crippen LogP contribution < -0.4 is 19.5 Å². The van der Waals surface area contributed by atoms with Gasteiger partial charge in [0, 0.05) is 13.0 Å². The van der Waals surface area contributed by atoms with E-state index in [1.54, 1.807) is 37.4 Å². The van der Waals surface area contributed by atoms with Crippen LogP contribution in [0.25, 0.3) is 0 Å². The topological polar surface area (TPSA) is 103 Å². The first-order valence-electron chi connectivity index (χ1n) is 8.96. The van der Waals surface area contributed by atoms with E-state index in [-0.39, 0.29) is 25.3 Å². The van der Waals surface area contributed by atoms with Crippen molar-refractivity contribution >= 4 is 11.9 Å². The quantitative estimate of drug-likeness (QED) is 0.586. The van der Waals surface area contributed by atoms with E-state index in [4.69, 9.17) is 18.9 Å². The van der Waals surface area contributed by atoms with Gasteiger partial charge in [-0.2, -0.15) is 0 Å². The van der Waals surface area contributed by atoms with Crippen LogP contribution >= 0.6 is 0 Å². The first kappa shape index (κ1) is 21.9. The average molecular weight is 403 g/mol. The Balaban J connectivity index is 1.73. The molecular formula is C21H25NO7. The number of methoxy groups -OCH3 is 3. The Morgan fingerprint density at radius 2 is 1.55 bits per heavy atom. The van der Waals surface area contributed by atoms with Gasteiger partial charge in [-0.25, -0.2) is 0 Å². The van der Waals surface area contributed by atoms with E-state index in [0.29, 0.717) is 23.7 Å². The van der Waals surface area contributed by atoms with Crippen molar-refractivity contribution in [1.29, 1.82) is 0 Å². The number of nitrogens with one attached hydrogen (secondary N) is 1. The minimum Gasteiger partial charge on any atom is -0.504 e. The van der Waals surface area contributed by atoms with Gasteiger partial charge in [-0.05, 0) is 41.8 Å². The minimum atomic E-state index is -0.499. The molecule has 1 amide bonds. The number of ether oxygens (including phenoxy) is 4. The van der Waals surface area contributed by atoms with Crippen LogP contribution in [0.15, 0.2) is 36.4 Å². The van der Waals surface area contributed by atoms with E-state index in [2.05, 4.69) is 5.32 Å². The van der Waals surface area contributed by atoms with Gasteiger partial charge >= 0.3 is 5.97 Å². The van der Waals surface area contributed by atoms with Crippen molar-refractivity contribution in [2.75, 3.05) is 27.9 Å². The normalized spacial score (nSPS) is 10.2. The molecule has 0 heterocycles. The number of esters is 1. The maximum Gasteiger partial charge on any atom is 0.306 e. The third kappa shape index (κ3) is 6.60. The summed E-state index contributed by atoms with van der Waals surface area (Å²) in [6.07, 6.45) is 0.471. The van der Waals surface area contributed by atoms with Crippen molar-refractivity contribution in [3.63, 3.8) is 0 Å². The number of carbonyl (C=O) groups excluding carboxylic acids is 2. The van der Waals surface area contributed by atoms with E-state index < -0.39 is 11.9 Å². The van der Waals surface area contributed by atoms with Gasteiger partial charge in [-0.15, -0.1) is 0 Å². The summed E-state index contributed by atoms with van der Waals surface area (Å²) in [6, 6.07) is 10.2. The van der Waals surface area contributed by atoms with Gasteiger partial charge < -0.3 is 29.4 Å². The molecule has 2 aromatic carbocycles. The van der Waals surface area contributed by atoms with Crippen LogP contribution in [0.5, 0.6) is 23.0 Å². The van der Waals surface area contributed by atoms with Crippen LogP contribution in [0.4, 0.5) is 0 Å². The molecule has 0 unspecified atom stereocenters. The number of benzene rings is 2. The van der Waals surface area contributed by atoms with Crippen LogP contribution in [0.3, 0.4) is 0 Å². The number of hydrogen-bond donors (Lipinski definition) is 2. The van der Waals surface area contributed by atoms with Crippen molar-refractivity contribution < 1.29 is 33.6 Å². The van der Waals surface area contributed by atoms with Gasteiger partial charge in [0.2, 0.25) is 0 Å². The zero-order chi connectivity index (χ0) is 21.2. The molecule has 0 spiro atoms. The van der Waals surface area contributed by atoms with Gasteiger partial charge in [0.05, 0.1) is 21.3 Å². The van der Waals surface area contributed by atoms with Crippen LogP contribution in [0.1, 0.15) is 17.5 Å². The predicted octanol–water partition coefficient (Wildman–Crippen LogP) is 2.21. The molecule has 0 aliphatic carbocycles. The second-order valence-electron chi connectivity index (χ2n) is 6.13. The first-order chi connectivity index (χ1) is 14.0. The molecule has 0 bridgehead atoms. The number of carbonyl (C=O) groups is 2. The summed E-state index contributed by atoms with van der Waals surface area (Å²) in [7, 11) is 4.54. The molecule has 0 saturated carbocycles. The SMILES string of the molecule is COc1ccc(CCC(=O)OCC(=O)NCc2ccc(OC)c(OC)c2)cc1O. The van der Waals surface area contributed by atoms with Crippen LogP contribution in [0.2, 0.25) is 0 Å². The number of phenolic OH excluding ortho intramolecular Hbond substituents is 1. The highest BCUT2D eigenvalue weighted by Crippen LogP contribution is 2.28. The Hall–Kier alpha value is -3.42. The standard InChI is InChI=1S/C21H25NO7/c1-26-17-7-4-14(10-16(17)23)6-9-21(25)29-13-20(24)22-12-15-5-8-18(27-2)19(11-15)28-3/h4-5,7-8,10-11,23H,6,9,12-13H2,1-3H3,(H,22,24). The number of aryl methyl sites for hydroxylation is 1.